The maximum Gasteiger partial charge on any atom is 0.483 e. The molecule has 0 saturated carbocycles. The molecule has 1 unspecified atom stereocenters. The van der Waals surface area contributed by atoms with Gasteiger partial charge in [0.15, 0.2) is 6.29 Å². The van der Waals surface area contributed by atoms with E-state index in [-0.39, 0.29) is 6.42 Å². The number of ether oxygens (including phenoxy) is 1. The molecule has 0 aliphatic carbocycles. The molecule has 19 heavy (non-hydrogen) atoms. The van der Waals surface area contributed by atoms with Crippen molar-refractivity contribution in [3.8, 4) is 0 Å². The summed E-state index contributed by atoms with van der Waals surface area (Å²) in [4.78, 5) is 25.8. The van der Waals surface area contributed by atoms with E-state index in [0.29, 0.717) is 0 Å². The van der Waals surface area contributed by atoms with E-state index in [4.69, 9.17) is 24.5 Å². The first-order valence-corrected chi connectivity index (χ1v) is 7.97. The molecule has 1 aliphatic heterocycles. The van der Waals surface area contributed by atoms with Crippen LogP contribution in [-0.4, -0.2) is 61.2 Å². The van der Waals surface area contributed by atoms with Gasteiger partial charge in [-0.2, -0.15) is 4.31 Å². The van der Waals surface area contributed by atoms with Crippen LogP contribution in [0.15, 0.2) is 0 Å². The summed E-state index contributed by atoms with van der Waals surface area (Å²) in [5.74, 6) is 0. The minimum Gasteiger partial charge on any atom is -0.394 e. The van der Waals surface area contributed by atoms with Crippen LogP contribution in [0.3, 0.4) is 0 Å². The number of rotatable bonds is 5. The van der Waals surface area contributed by atoms with E-state index in [1.54, 1.807) is 0 Å². The molecule has 0 spiro atoms. The first-order chi connectivity index (χ1) is 8.54. The number of hydrogen-bond donors (Lipinski definition) is 6. The molecule has 1 aliphatic rings. The Morgan fingerprint density at radius 2 is 1.74 bits per heavy atom. The highest BCUT2D eigenvalue weighted by molar-refractivity contribution is 7.60. The van der Waals surface area contributed by atoms with Crippen molar-refractivity contribution in [3.05, 3.63) is 0 Å². The Morgan fingerprint density at radius 3 is 2.21 bits per heavy atom. The summed E-state index contributed by atoms with van der Waals surface area (Å²) in [6, 6.07) is 0. The van der Waals surface area contributed by atoms with Gasteiger partial charge in [-0.05, 0) is 0 Å². The van der Waals surface area contributed by atoms with Crippen LogP contribution in [0, 0.1) is 0 Å². The lowest BCUT2D eigenvalue weighted by molar-refractivity contribution is -0.244. The number of phosphoric acid groups is 2. The van der Waals surface area contributed by atoms with Gasteiger partial charge in [0, 0.05) is 6.42 Å². The molecule has 6 N–H and O–H groups in total. The standard InChI is InChI=1S/C6H14O11P2/c7-2-5-3(8)1-4(9)6(15-5)16-19(13,14)17-18(10,11)12/h3-9H,1-2H2,(H,13,14)(H2,10,11,12)/t3-,4+,5+,6+/m0/s1. The molecule has 0 aromatic rings. The second-order valence-electron chi connectivity index (χ2n) is 3.74. The fraction of sp³-hybridized carbons (Fsp3) is 1.00. The minimum atomic E-state index is -5.28. The fourth-order valence-corrected chi connectivity index (χ4v) is 3.09. The summed E-state index contributed by atoms with van der Waals surface area (Å²) in [6.45, 7) is -0.650. The second-order valence-corrected chi connectivity index (χ2v) is 6.52. The number of aliphatic hydroxyl groups is 3. The van der Waals surface area contributed by atoms with Gasteiger partial charge in [0.25, 0.3) is 0 Å². The molecule has 1 saturated heterocycles. The van der Waals surface area contributed by atoms with Gasteiger partial charge in [-0.15, -0.1) is 0 Å². The predicted molar refractivity (Wildman–Crippen MR) is 56.4 cm³/mol. The van der Waals surface area contributed by atoms with Crippen molar-refractivity contribution in [2.75, 3.05) is 6.61 Å². The third kappa shape index (κ3) is 5.54. The first-order valence-electron chi connectivity index (χ1n) is 4.94. The minimum absolute atomic E-state index is 0.328. The van der Waals surface area contributed by atoms with Crippen LogP contribution < -0.4 is 0 Å². The summed E-state index contributed by atoms with van der Waals surface area (Å²) in [5, 5.41) is 27.6. The molecule has 1 fully saturated rings. The summed E-state index contributed by atoms with van der Waals surface area (Å²) in [7, 11) is -10.5. The van der Waals surface area contributed by atoms with Crippen molar-refractivity contribution in [2.24, 2.45) is 0 Å². The third-order valence-corrected chi connectivity index (χ3v) is 4.31. The van der Waals surface area contributed by atoms with Crippen molar-refractivity contribution in [3.63, 3.8) is 0 Å². The zero-order valence-electron chi connectivity index (χ0n) is 9.34. The largest absolute Gasteiger partial charge is 0.483 e. The lowest BCUT2D eigenvalue weighted by Crippen LogP contribution is -2.49. The summed E-state index contributed by atoms with van der Waals surface area (Å²) >= 11 is 0. The molecular weight excluding hydrogens is 310 g/mol. The second kappa shape index (κ2) is 6.25. The quantitative estimate of drug-likeness (QED) is 0.309. The zero-order valence-corrected chi connectivity index (χ0v) is 11.1. The van der Waals surface area contributed by atoms with Crippen molar-refractivity contribution >= 4 is 15.6 Å². The van der Waals surface area contributed by atoms with Crippen LogP contribution in [0.1, 0.15) is 6.42 Å². The maximum absolute atomic E-state index is 11.2. The Bertz CT molecular complexity index is 393. The van der Waals surface area contributed by atoms with E-state index in [0.717, 1.165) is 0 Å². The molecule has 0 aromatic heterocycles. The molecule has 13 heteroatoms. The average Bonchev–Trinajstić information content (AvgIpc) is 2.18. The number of aliphatic hydroxyl groups excluding tert-OH is 3. The van der Waals surface area contributed by atoms with E-state index in [9.17, 15) is 19.3 Å². The zero-order chi connectivity index (χ0) is 14.8. The SMILES string of the molecule is O=P(O)(O)OP(=O)(O)O[C@H]1O[C@H](CO)[C@@H](O)C[C@H]1O. The highest BCUT2D eigenvalue weighted by atomic mass is 31.3. The molecule has 11 nitrogen and oxygen atoms in total. The molecule has 5 atom stereocenters. The van der Waals surface area contributed by atoms with Gasteiger partial charge in [0.05, 0.1) is 12.7 Å². The monoisotopic (exact) mass is 324 g/mol. The Kier molecular flexibility index (Phi) is 5.64. The Hall–Kier alpha value is 0.1000. The normalized spacial score (nSPS) is 35.9. The first kappa shape index (κ1) is 17.2. The topological polar surface area (TPSA) is 183 Å². The van der Waals surface area contributed by atoms with E-state index >= 15 is 0 Å². The lowest BCUT2D eigenvalue weighted by atomic mass is 10.0. The van der Waals surface area contributed by atoms with Gasteiger partial charge in [0.1, 0.15) is 12.2 Å². The Morgan fingerprint density at radius 1 is 1.16 bits per heavy atom. The van der Waals surface area contributed by atoms with Gasteiger partial charge in [-0.1, -0.05) is 0 Å². The van der Waals surface area contributed by atoms with Crippen molar-refractivity contribution in [1.29, 1.82) is 0 Å². The van der Waals surface area contributed by atoms with Gasteiger partial charge < -0.3 is 34.7 Å². The van der Waals surface area contributed by atoms with Gasteiger partial charge in [-0.25, -0.2) is 9.13 Å². The van der Waals surface area contributed by atoms with E-state index in [1.807, 2.05) is 0 Å². The molecular formula is C6H14O11P2. The van der Waals surface area contributed by atoms with E-state index in [1.165, 1.54) is 0 Å². The highest BCUT2D eigenvalue weighted by Gasteiger charge is 2.43. The molecule has 0 bridgehead atoms. The molecule has 0 aromatic carbocycles. The lowest BCUT2D eigenvalue weighted by Gasteiger charge is -2.36. The van der Waals surface area contributed by atoms with Crippen LogP contribution in [0.25, 0.3) is 0 Å². The summed E-state index contributed by atoms with van der Waals surface area (Å²) < 4.78 is 34.2. The summed E-state index contributed by atoms with van der Waals surface area (Å²) in [6.07, 6.45) is -6.06. The smallest absolute Gasteiger partial charge is 0.394 e. The van der Waals surface area contributed by atoms with Crippen LogP contribution in [0.5, 0.6) is 0 Å². The van der Waals surface area contributed by atoms with Crippen molar-refractivity contribution < 1.29 is 52.7 Å². The van der Waals surface area contributed by atoms with Gasteiger partial charge in [0.2, 0.25) is 0 Å². The number of phosphoric ester groups is 1. The van der Waals surface area contributed by atoms with E-state index in [2.05, 4.69) is 8.83 Å². The Balaban J connectivity index is 2.70. The van der Waals surface area contributed by atoms with Crippen LogP contribution in [0.2, 0.25) is 0 Å². The molecule has 1 rings (SSSR count). The fourth-order valence-electron chi connectivity index (χ4n) is 1.41. The molecule has 0 amide bonds. The van der Waals surface area contributed by atoms with Crippen molar-refractivity contribution in [1.82, 2.24) is 0 Å². The van der Waals surface area contributed by atoms with Gasteiger partial charge in [-0.3, -0.25) is 4.52 Å². The molecule has 0 radical (unpaired) electrons. The van der Waals surface area contributed by atoms with Crippen LogP contribution in [-0.2, 0) is 22.7 Å². The molecule has 1 heterocycles. The predicted octanol–water partition coefficient (Wildman–Crippen LogP) is -1.96. The van der Waals surface area contributed by atoms with E-state index < -0.39 is 46.9 Å². The summed E-state index contributed by atoms with van der Waals surface area (Å²) in [5.41, 5.74) is 0. The van der Waals surface area contributed by atoms with Gasteiger partial charge >= 0.3 is 15.6 Å². The Labute approximate surface area is 107 Å². The van der Waals surface area contributed by atoms with Crippen LogP contribution >= 0.6 is 15.6 Å². The maximum atomic E-state index is 11.2. The third-order valence-electron chi connectivity index (χ3n) is 2.16. The van der Waals surface area contributed by atoms with Crippen LogP contribution in [0.4, 0.5) is 0 Å². The molecule has 114 valence electrons. The number of hydrogen-bond acceptors (Lipinski definition) is 8. The highest BCUT2D eigenvalue weighted by Crippen LogP contribution is 2.58. The average molecular weight is 324 g/mol. The van der Waals surface area contributed by atoms with Crippen molar-refractivity contribution in [2.45, 2.75) is 31.0 Å².